The van der Waals surface area contributed by atoms with E-state index in [-0.39, 0.29) is 5.92 Å². The first kappa shape index (κ1) is 10.1. The van der Waals surface area contributed by atoms with E-state index in [0.29, 0.717) is 6.42 Å². The number of rotatable bonds is 4. The van der Waals surface area contributed by atoms with Crippen molar-refractivity contribution in [2.24, 2.45) is 11.3 Å². The van der Waals surface area contributed by atoms with Crippen LogP contribution in [-0.4, -0.2) is 17.4 Å². The third-order valence-corrected chi connectivity index (χ3v) is 1.64. The molecule has 64 valence electrons. The number of carbonyl (C=O) groups excluding carboxylic acids is 1. The van der Waals surface area contributed by atoms with Gasteiger partial charge in [-0.3, -0.25) is 4.79 Å². The second kappa shape index (κ2) is 3.51. The van der Waals surface area contributed by atoms with Gasteiger partial charge in [0.2, 0.25) is 0 Å². The summed E-state index contributed by atoms with van der Waals surface area (Å²) >= 11 is 0. The molecule has 0 radical (unpaired) electrons. The molecule has 11 heavy (non-hydrogen) atoms. The van der Waals surface area contributed by atoms with Gasteiger partial charge in [0, 0.05) is 5.92 Å². The van der Waals surface area contributed by atoms with Gasteiger partial charge >= 0.3 is 5.97 Å². The standard InChI is InChI=1S/C8H14O3/c1-6(5-9)4-8(2,3)7(10)11/h5-6H,4H2,1-3H3,(H,10,11). The zero-order valence-corrected chi connectivity index (χ0v) is 7.13. The number of carboxylic acids is 1. The van der Waals surface area contributed by atoms with E-state index < -0.39 is 11.4 Å². The van der Waals surface area contributed by atoms with E-state index in [0.717, 1.165) is 6.29 Å². The van der Waals surface area contributed by atoms with Gasteiger partial charge < -0.3 is 9.90 Å². The van der Waals surface area contributed by atoms with Gasteiger partial charge in [-0.25, -0.2) is 0 Å². The molecule has 0 aliphatic heterocycles. The van der Waals surface area contributed by atoms with Crippen LogP contribution in [0.2, 0.25) is 0 Å². The maximum absolute atomic E-state index is 10.6. The molecule has 0 saturated carbocycles. The lowest BCUT2D eigenvalue weighted by Gasteiger charge is -2.20. The lowest BCUT2D eigenvalue weighted by molar-refractivity contribution is -0.147. The van der Waals surface area contributed by atoms with Gasteiger partial charge in [0.15, 0.2) is 0 Å². The Bertz CT molecular complexity index is 161. The van der Waals surface area contributed by atoms with Crippen LogP contribution in [0.15, 0.2) is 0 Å². The van der Waals surface area contributed by atoms with Crippen LogP contribution in [0.1, 0.15) is 27.2 Å². The highest BCUT2D eigenvalue weighted by atomic mass is 16.4. The quantitative estimate of drug-likeness (QED) is 0.628. The molecule has 0 spiro atoms. The van der Waals surface area contributed by atoms with E-state index in [9.17, 15) is 9.59 Å². The molecule has 0 rings (SSSR count). The summed E-state index contributed by atoms with van der Waals surface area (Å²) in [7, 11) is 0. The molecular weight excluding hydrogens is 144 g/mol. The van der Waals surface area contributed by atoms with Crippen LogP contribution in [0, 0.1) is 11.3 Å². The molecule has 0 heterocycles. The minimum atomic E-state index is -0.855. The number of aldehydes is 1. The van der Waals surface area contributed by atoms with Crippen LogP contribution in [0.25, 0.3) is 0 Å². The molecular formula is C8H14O3. The molecule has 1 atom stereocenters. The molecule has 0 aromatic heterocycles. The summed E-state index contributed by atoms with van der Waals surface area (Å²) < 4.78 is 0. The van der Waals surface area contributed by atoms with E-state index in [1.165, 1.54) is 0 Å². The van der Waals surface area contributed by atoms with Gasteiger partial charge in [-0.15, -0.1) is 0 Å². The van der Waals surface area contributed by atoms with Crippen LogP contribution >= 0.6 is 0 Å². The predicted octanol–water partition coefficient (Wildman–Crippen LogP) is 1.32. The first-order valence-electron chi connectivity index (χ1n) is 3.59. The van der Waals surface area contributed by atoms with E-state index >= 15 is 0 Å². The Hall–Kier alpha value is -0.860. The smallest absolute Gasteiger partial charge is 0.309 e. The number of carboxylic acid groups (broad SMARTS) is 1. The SMILES string of the molecule is CC(C=O)CC(C)(C)C(=O)O. The zero-order valence-electron chi connectivity index (χ0n) is 7.13. The molecule has 0 bridgehead atoms. The summed E-state index contributed by atoms with van der Waals surface area (Å²) in [6.45, 7) is 4.96. The summed E-state index contributed by atoms with van der Waals surface area (Å²) in [6.07, 6.45) is 1.18. The van der Waals surface area contributed by atoms with Crippen molar-refractivity contribution in [3.8, 4) is 0 Å². The van der Waals surface area contributed by atoms with Crippen molar-refractivity contribution in [3.63, 3.8) is 0 Å². The van der Waals surface area contributed by atoms with Crippen LogP contribution in [0.4, 0.5) is 0 Å². The second-order valence-electron chi connectivity index (χ2n) is 3.51. The summed E-state index contributed by atoms with van der Waals surface area (Å²) in [4.78, 5) is 20.8. The van der Waals surface area contributed by atoms with Crippen LogP contribution in [0.5, 0.6) is 0 Å². The van der Waals surface area contributed by atoms with E-state index in [1.54, 1.807) is 20.8 Å². The van der Waals surface area contributed by atoms with Gasteiger partial charge in [0.05, 0.1) is 5.41 Å². The number of carbonyl (C=O) groups is 2. The molecule has 1 unspecified atom stereocenters. The van der Waals surface area contributed by atoms with Crippen molar-refractivity contribution in [1.29, 1.82) is 0 Å². The fourth-order valence-electron chi connectivity index (χ4n) is 0.940. The molecule has 3 nitrogen and oxygen atoms in total. The topological polar surface area (TPSA) is 54.4 Å². The highest BCUT2D eigenvalue weighted by molar-refractivity contribution is 5.74. The van der Waals surface area contributed by atoms with E-state index in [4.69, 9.17) is 5.11 Å². The number of aliphatic carboxylic acids is 1. The molecule has 0 saturated heterocycles. The average Bonchev–Trinajstić information content (AvgIpc) is 1.86. The first-order chi connectivity index (χ1) is 4.90. The lowest BCUT2D eigenvalue weighted by atomic mass is 9.84. The Morgan fingerprint density at radius 2 is 2.09 bits per heavy atom. The monoisotopic (exact) mass is 158 g/mol. The number of hydrogen-bond acceptors (Lipinski definition) is 2. The molecule has 0 aromatic carbocycles. The molecule has 3 heteroatoms. The van der Waals surface area contributed by atoms with E-state index in [1.807, 2.05) is 0 Å². The predicted molar refractivity (Wildman–Crippen MR) is 41.3 cm³/mol. The maximum atomic E-state index is 10.6. The van der Waals surface area contributed by atoms with Crippen LogP contribution < -0.4 is 0 Å². The van der Waals surface area contributed by atoms with E-state index in [2.05, 4.69) is 0 Å². The maximum Gasteiger partial charge on any atom is 0.309 e. The third kappa shape index (κ3) is 3.16. The van der Waals surface area contributed by atoms with Crippen molar-refractivity contribution in [1.82, 2.24) is 0 Å². The molecule has 0 aliphatic rings. The van der Waals surface area contributed by atoms with Gasteiger partial charge in [-0.05, 0) is 20.3 Å². The largest absolute Gasteiger partial charge is 0.481 e. The summed E-state index contributed by atoms with van der Waals surface area (Å²) in [6, 6.07) is 0. The fourth-order valence-corrected chi connectivity index (χ4v) is 0.940. The van der Waals surface area contributed by atoms with Gasteiger partial charge in [0.25, 0.3) is 0 Å². The lowest BCUT2D eigenvalue weighted by Crippen LogP contribution is -2.26. The van der Waals surface area contributed by atoms with Gasteiger partial charge in [-0.1, -0.05) is 6.92 Å². The molecule has 0 amide bonds. The highest BCUT2D eigenvalue weighted by Gasteiger charge is 2.28. The van der Waals surface area contributed by atoms with Crippen molar-refractivity contribution < 1.29 is 14.7 Å². The minimum absolute atomic E-state index is 0.180. The van der Waals surface area contributed by atoms with Crippen LogP contribution in [0.3, 0.4) is 0 Å². The fraction of sp³-hybridized carbons (Fsp3) is 0.750. The summed E-state index contributed by atoms with van der Waals surface area (Å²) in [5.74, 6) is -1.03. The number of hydrogen-bond donors (Lipinski definition) is 1. The minimum Gasteiger partial charge on any atom is -0.481 e. The summed E-state index contributed by atoms with van der Waals surface area (Å²) in [5, 5.41) is 8.67. The Balaban J connectivity index is 4.11. The van der Waals surface area contributed by atoms with Crippen molar-refractivity contribution in [3.05, 3.63) is 0 Å². The van der Waals surface area contributed by atoms with Crippen molar-refractivity contribution in [2.45, 2.75) is 27.2 Å². The first-order valence-corrected chi connectivity index (χ1v) is 3.59. The third-order valence-electron chi connectivity index (χ3n) is 1.64. The Morgan fingerprint density at radius 3 is 2.36 bits per heavy atom. The Labute approximate surface area is 66.4 Å². The Kier molecular flexibility index (Phi) is 3.23. The van der Waals surface area contributed by atoms with Gasteiger partial charge in [-0.2, -0.15) is 0 Å². The normalized spacial score (nSPS) is 14.1. The molecule has 0 fully saturated rings. The Morgan fingerprint density at radius 1 is 1.64 bits per heavy atom. The van der Waals surface area contributed by atoms with Crippen LogP contribution in [-0.2, 0) is 9.59 Å². The molecule has 0 aromatic rings. The highest BCUT2D eigenvalue weighted by Crippen LogP contribution is 2.24. The van der Waals surface area contributed by atoms with Gasteiger partial charge in [0.1, 0.15) is 6.29 Å². The summed E-state index contributed by atoms with van der Waals surface area (Å²) in [5.41, 5.74) is -0.791. The average molecular weight is 158 g/mol. The molecule has 0 aliphatic carbocycles. The van der Waals surface area contributed by atoms with Crippen molar-refractivity contribution in [2.75, 3.05) is 0 Å². The molecule has 1 N–H and O–H groups in total. The zero-order chi connectivity index (χ0) is 9.07. The van der Waals surface area contributed by atoms with Crippen molar-refractivity contribution >= 4 is 12.3 Å². The second-order valence-corrected chi connectivity index (χ2v) is 3.51.